The molecule has 1 atom stereocenters. The molecule has 14 heavy (non-hydrogen) atoms. The van der Waals surface area contributed by atoms with Crippen LogP contribution in [0.4, 0.5) is 0 Å². The molecular weight excluding hydrogens is 174 g/mol. The Hall–Kier alpha value is -0.860. The Morgan fingerprint density at radius 2 is 1.93 bits per heavy atom. The summed E-state index contributed by atoms with van der Waals surface area (Å²) in [5.74, 6) is 0. The van der Waals surface area contributed by atoms with Crippen LogP contribution in [-0.4, -0.2) is 23.3 Å². The van der Waals surface area contributed by atoms with Crippen LogP contribution in [0.3, 0.4) is 0 Å². The van der Waals surface area contributed by atoms with E-state index in [2.05, 4.69) is 19.1 Å². The fraction of sp³-hybridized carbons (Fsp3) is 0.500. The van der Waals surface area contributed by atoms with Crippen molar-refractivity contribution in [3.8, 4) is 0 Å². The summed E-state index contributed by atoms with van der Waals surface area (Å²) in [5.41, 5.74) is 1.24. The van der Waals surface area contributed by atoms with Gasteiger partial charge >= 0.3 is 0 Å². The van der Waals surface area contributed by atoms with Crippen molar-refractivity contribution in [1.29, 1.82) is 0 Å². The summed E-state index contributed by atoms with van der Waals surface area (Å²) in [6.45, 7) is 2.89. The average Bonchev–Trinajstić information content (AvgIpc) is 2.19. The molecule has 0 radical (unpaired) electrons. The van der Waals surface area contributed by atoms with Crippen LogP contribution in [0.2, 0.25) is 0 Å². The second kappa shape index (κ2) is 5.78. The number of aliphatic hydroxyl groups is 1. The topological polar surface area (TPSA) is 23.5 Å². The van der Waals surface area contributed by atoms with E-state index in [1.807, 2.05) is 30.1 Å². The molecule has 2 nitrogen and oxygen atoms in total. The van der Waals surface area contributed by atoms with E-state index in [0.29, 0.717) is 0 Å². The molecule has 1 unspecified atom stereocenters. The van der Waals surface area contributed by atoms with Crippen molar-refractivity contribution in [2.75, 3.05) is 7.05 Å². The first-order chi connectivity index (χ1) is 6.74. The molecule has 0 bridgehead atoms. The van der Waals surface area contributed by atoms with Crippen molar-refractivity contribution >= 4 is 0 Å². The van der Waals surface area contributed by atoms with Gasteiger partial charge in [-0.15, -0.1) is 0 Å². The van der Waals surface area contributed by atoms with Crippen molar-refractivity contribution < 1.29 is 5.11 Å². The van der Waals surface area contributed by atoms with Gasteiger partial charge in [-0.25, -0.2) is 0 Å². The maximum absolute atomic E-state index is 9.70. The monoisotopic (exact) mass is 193 g/mol. The Balaban J connectivity index is 2.44. The lowest BCUT2D eigenvalue weighted by Gasteiger charge is -2.22. The highest BCUT2D eigenvalue weighted by molar-refractivity contribution is 5.14. The third-order valence-electron chi connectivity index (χ3n) is 2.33. The first kappa shape index (κ1) is 11.2. The second-order valence-electron chi connectivity index (χ2n) is 3.67. The Kier molecular flexibility index (Phi) is 4.63. The SMILES string of the molecule is CCCC(O)N(C)Cc1ccccc1. The Labute approximate surface area is 86.2 Å². The number of hydrogen-bond acceptors (Lipinski definition) is 2. The fourth-order valence-corrected chi connectivity index (χ4v) is 1.46. The molecule has 0 amide bonds. The minimum atomic E-state index is -0.319. The standard InChI is InChI=1S/C12H19NO/c1-3-7-12(14)13(2)10-11-8-5-4-6-9-11/h4-6,8-9,12,14H,3,7,10H2,1-2H3. The summed E-state index contributed by atoms with van der Waals surface area (Å²) < 4.78 is 0. The summed E-state index contributed by atoms with van der Waals surface area (Å²) >= 11 is 0. The van der Waals surface area contributed by atoms with Crippen LogP contribution < -0.4 is 0 Å². The highest BCUT2D eigenvalue weighted by atomic mass is 16.3. The van der Waals surface area contributed by atoms with Gasteiger partial charge in [0.1, 0.15) is 6.23 Å². The first-order valence-corrected chi connectivity index (χ1v) is 5.16. The van der Waals surface area contributed by atoms with Gasteiger partial charge < -0.3 is 5.11 Å². The number of hydrogen-bond donors (Lipinski definition) is 1. The lowest BCUT2D eigenvalue weighted by atomic mass is 10.2. The summed E-state index contributed by atoms with van der Waals surface area (Å²) in [5, 5.41) is 9.70. The molecule has 1 N–H and O–H groups in total. The van der Waals surface area contributed by atoms with Crippen molar-refractivity contribution in [2.45, 2.75) is 32.5 Å². The number of nitrogens with zero attached hydrogens (tertiary/aromatic N) is 1. The van der Waals surface area contributed by atoms with E-state index in [-0.39, 0.29) is 6.23 Å². The fourth-order valence-electron chi connectivity index (χ4n) is 1.46. The van der Waals surface area contributed by atoms with E-state index in [9.17, 15) is 5.11 Å². The molecule has 0 aromatic heterocycles. The molecule has 2 heteroatoms. The third kappa shape index (κ3) is 3.48. The zero-order valence-corrected chi connectivity index (χ0v) is 8.98. The normalized spacial score (nSPS) is 13.1. The number of rotatable bonds is 5. The lowest BCUT2D eigenvalue weighted by Crippen LogP contribution is -2.30. The van der Waals surface area contributed by atoms with Crippen molar-refractivity contribution in [3.05, 3.63) is 35.9 Å². The van der Waals surface area contributed by atoms with Gasteiger partial charge in [-0.3, -0.25) is 4.90 Å². The minimum absolute atomic E-state index is 0.319. The molecule has 0 aliphatic heterocycles. The first-order valence-electron chi connectivity index (χ1n) is 5.16. The Morgan fingerprint density at radius 3 is 2.50 bits per heavy atom. The summed E-state index contributed by atoms with van der Waals surface area (Å²) in [4.78, 5) is 1.97. The molecule has 0 fully saturated rings. The van der Waals surface area contributed by atoms with E-state index in [1.165, 1.54) is 5.56 Å². The van der Waals surface area contributed by atoms with Gasteiger partial charge in [-0.1, -0.05) is 43.7 Å². The molecule has 0 saturated carbocycles. The molecular formula is C12H19NO. The Morgan fingerprint density at radius 1 is 1.29 bits per heavy atom. The van der Waals surface area contributed by atoms with E-state index < -0.39 is 0 Å². The summed E-state index contributed by atoms with van der Waals surface area (Å²) in [6.07, 6.45) is 1.53. The highest BCUT2D eigenvalue weighted by Gasteiger charge is 2.09. The van der Waals surface area contributed by atoms with Gasteiger partial charge in [0.05, 0.1) is 0 Å². The zero-order chi connectivity index (χ0) is 10.4. The van der Waals surface area contributed by atoms with Gasteiger partial charge in [0.15, 0.2) is 0 Å². The van der Waals surface area contributed by atoms with Crippen LogP contribution in [-0.2, 0) is 6.54 Å². The smallest absolute Gasteiger partial charge is 0.107 e. The summed E-state index contributed by atoms with van der Waals surface area (Å²) in [7, 11) is 1.95. The molecule has 1 aromatic carbocycles. The Bertz CT molecular complexity index is 248. The van der Waals surface area contributed by atoms with E-state index in [4.69, 9.17) is 0 Å². The van der Waals surface area contributed by atoms with Crippen LogP contribution in [0.5, 0.6) is 0 Å². The van der Waals surface area contributed by atoms with Gasteiger partial charge in [0.25, 0.3) is 0 Å². The summed E-state index contributed by atoms with van der Waals surface area (Å²) in [6, 6.07) is 10.2. The van der Waals surface area contributed by atoms with Gasteiger partial charge in [-0.05, 0) is 19.0 Å². The van der Waals surface area contributed by atoms with E-state index in [0.717, 1.165) is 19.4 Å². The molecule has 0 spiro atoms. The van der Waals surface area contributed by atoms with Crippen molar-refractivity contribution in [2.24, 2.45) is 0 Å². The maximum Gasteiger partial charge on any atom is 0.107 e. The van der Waals surface area contributed by atoms with Crippen molar-refractivity contribution in [1.82, 2.24) is 4.90 Å². The van der Waals surface area contributed by atoms with Crippen LogP contribution in [0.25, 0.3) is 0 Å². The van der Waals surface area contributed by atoms with E-state index in [1.54, 1.807) is 0 Å². The quantitative estimate of drug-likeness (QED) is 0.725. The van der Waals surface area contributed by atoms with Gasteiger partial charge in [0, 0.05) is 6.54 Å². The minimum Gasteiger partial charge on any atom is -0.378 e. The zero-order valence-electron chi connectivity index (χ0n) is 8.98. The van der Waals surface area contributed by atoms with Crippen LogP contribution in [0, 0.1) is 0 Å². The third-order valence-corrected chi connectivity index (χ3v) is 2.33. The number of benzene rings is 1. The molecule has 78 valence electrons. The van der Waals surface area contributed by atoms with Crippen LogP contribution in [0.1, 0.15) is 25.3 Å². The largest absolute Gasteiger partial charge is 0.378 e. The molecule has 0 saturated heterocycles. The van der Waals surface area contributed by atoms with Crippen molar-refractivity contribution in [3.63, 3.8) is 0 Å². The van der Waals surface area contributed by atoms with Crippen LogP contribution >= 0.6 is 0 Å². The average molecular weight is 193 g/mol. The van der Waals surface area contributed by atoms with Crippen LogP contribution in [0.15, 0.2) is 30.3 Å². The molecule has 0 aliphatic carbocycles. The molecule has 0 heterocycles. The molecule has 1 rings (SSSR count). The van der Waals surface area contributed by atoms with E-state index >= 15 is 0 Å². The molecule has 1 aromatic rings. The van der Waals surface area contributed by atoms with Gasteiger partial charge in [0.2, 0.25) is 0 Å². The molecule has 0 aliphatic rings. The number of aliphatic hydroxyl groups excluding tert-OH is 1. The highest BCUT2D eigenvalue weighted by Crippen LogP contribution is 2.07. The second-order valence-corrected chi connectivity index (χ2v) is 3.67. The predicted molar refractivity (Wildman–Crippen MR) is 58.8 cm³/mol. The lowest BCUT2D eigenvalue weighted by molar-refractivity contribution is 0.00995. The van der Waals surface area contributed by atoms with Gasteiger partial charge in [-0.2, -0.15) is 0 Å². The predicted octanol–water partition coefficient (Wildman–Crippen LogP) is 2.24. The maximum atomic E-state index is 9.70.